The standard InChI is InChI=1S/C18H33BrN4O2/c1-7-16(12(2)19)21-10-15(20)13(3)22-14-8-9-23(11-14)17(24)25-18(4,5)6/h10,12,14,16,22H,7-9,11,20H2,1-6H3/b15-13-,21-10?/t12?,14-,16+/m0/s1. The molecule has 1 aliphatic rings. The van der Waals surface area contributed by atoms with E-state index in [1.807, 2.05) is 27.7 Å². The number of halogens is 1. The molecule has 144 valence electrons. The molecule has 1 amide bonds. The molecule has 3 atom stereocenters. The summed E-state index contributed by atoms with van der Waals surface area (Å²) in [6, 6.07) is 0.386. The van der Waals surface area contributed by atoms with Crippen molar-refractivity contribution < 1.29 is 9.53 Å². The Morgan fingerprint density at radius 1 is 1.52 bits per heavy atom. The van der Waals surface area contributed by atoms with Crippen molar-refractivity contribution in [1.29, 1.82) is 0 Å². The molecule has 1 rings (SSSR count). The maximum atomic E-state index is 12.1. The Morgan fingerprint density at radius 3 is 2.68 bits per heavy atom. The zero-order valence-electron chi connectivity index (χ0n) is 16.3. The number of nitrogens with one attached hydrogen (secondary N) is 1. The number of allylic oxidation sites excluding steroid dienone is 2. The Bertz CT molecular complexity index is 512. The fraction of sp³-hybridized carbons (Fsp3) is 0.778. The monoisotopic (exact) mass is 416 g/mol. The highest BCUT2D eigenvalue weighted by atomic mass is 79.9. The molecule has 0 radical (unpaired) electrons. The Hall–Kier alpha value is -1.24. The molecule has 0 aromatic carbocycles. The van der Waals surface area contributed by atoms with Gasteiger partial charge >= 0.3 is 6.09 Å². The summed E-state index contributed by atoms with van der Waals surface area (Å²) in [4.78, 5) is 18.7. The van der Waals surface area contributed by atoms with Gasteiger partial charge in [-0.25, -0.2) is 4.79 Å². The van der Waals surface area contributed by atoms with Crippen molar-refractivity contribution in [2.45, 2.75) is 76.9 Å². The molecule has 1 saturated heterocycles. The Kier molecular flexibility index (Phi) is 8.25. The molecule has 1 fully saturated rings. The van der Waals surface area contributed by atoms with E-state index in [1.54, 1.807) is 11.1 Å². The van der Waals surface area contributed by atoms with Gasteiger partial charge in [0.25, 0.3) is 0 Å². The summed E-state index contributed by atoms with van der Waals surface area (Å²) >= 11 is 3.56. The molecule has 1 aliphatic heterocycles. The van der Waals surface area contributed by atoms with Crippen LogP contribution in [0, 0.1) is 0 Å². The van der Waals surface area contributed by atoms with Crippen LogP contribution in [-0.2, 0) is 4.74 Å². The topological polar surface area (TPSA) is 80.0 Å². The van der Waals surface area contributed by atoms with Crippen molar-refractivity contribution >= 4 is 28.2 Å². The van der Waals surface area contributed by atoms with Gasteiger partial charge in [-0.1, -0.05) is 29.8 Å². The van der Waals surface area contributed by atoms with E-state index >= 15 is 0 Å². The molecule has 0 aliphatic carbocycles. The molecule has 6 nitrogen and oxygen atoms in total. The number of rotatable bonds is 6. The minimum Gasteiger partial charge on any atom is -0.444 e. The van der Waals surface area contributed by atoms with Gasteiger partial charge in [-0.15, -0.1) is 0 Å². The van der Waals surface area contributed by atoms with Gasteiger partial charge in [-0.05, 0) is 40.5 Å². The number of nitrogens with two attached hydrogens (primary N) is 1. The van der Waals surface area contributed by atoms with Crippen LogP contribution in [0.2, 0.25) is 0 Å². The predicted molar refractivity (Wildman–Crippen MR) is 107 cm³/mol. The van der Waals surface area contributed by atoms with Crippen molar-refractivity contribution in [2.75, 3.05) is 13.1 Å². The van der Waals surface area contributed by atoms with E-state index in [1.165, 1.54) is 0 Å². The number of hydrogen-bond acceptors (Lipinski definition) is 5. The summed E-state index contributed by atoms with van der Waals surface area (Å²) < 4.78 is 5.42. The predicted octanol–water partition coefficient (Wildman–Crippen LogP) is 3.41. The van der Waals surface area contributed by atoms with Crippen molar-refractivity contribution in [3.63, 3.8) is 0 Å². The summed E-state index contributed by atoms with van der Waals surface area (Å²) in [6.45, 7) is 13.1. The van der Waals surface area contributed by atoms with Gasteiger partial charge in [-0.3, -0.25) is 4.99 Å². The molecule has 0 aromatic heterocycles. The number of carbonyl (C=O) groups is 1. The van der Waals surface area contributed by atoms with Gasteiger partial charge in [0.15, 0.2) is 0 Å². The Balaban J connectivity index is 2.58. The highest BCUT2D eigenvalue weighted by Crippen LogP contribution is 2.16. The number of ether oxygens (including phenoxy) is 1. The molecule has 0 saturated carbocycles. The largest absolute Gasteiger partial charge is 0.444 e. The smallest absolute Gasteiger partial charge is 0.410 e. The highest BCUT2D eigenvalue weighted by molar-refractivity contribution is 9.09. The SMILES string of the molecule is CC[C@@H](N=C/C(N)=C(\C)N[C@H]1CCN(C(=O)OC(C)(C)C)C1)C(C)Br. The first-order valence-corrected chi connectivity index (χ1v) is 9.83. The number of likely N-dealkylation sites (tertiary alicyclic amines) is 1. The van der Waals surface area contributed by atoms with Gasteiger partial charge in [-0.2, -0.15) is 0 Å². The maximum Gasteiger partial charge on any atom is 0.410 e. The third-order valence-electron chi connectivity index (χ3n) is 4.05. The van der Waals surface area contributed by atoms with Gasteiger partial charge < -0.3 is 20.7 Å². The average molecular weight is 417 g/mol. The van der Waals surface area contributed by atoms with Gasteiger partial charge in [0.2, 0.25) is 0 Å². The van der Waals surface area contributed by atoms with E-state index < -0.39 is 5.60 Å². The van der Waals surface area contributed by atoms with Crippen LogP contribution < -0.4 is 11.1 Å². The van der Waals surface area contributed by atoms with Crippen molar-refractivity contribution in [3.05, 3.63) is 11.4 Å². The van der Waals surface area contributed by atoms with Gasteiger partial charge in [0, 0.05) is 35.9 Å². The highest BCUT2D eigenvalue weighted by Gasteiger charge is 2.29. The molecule has 1 heterocycles. The van der Waals surface area contributed by atoms with Crippen LogP contribution in [0.5, 0.6) is 0 Å². The summed E-state index contributed by atoms with van der Waals surface area (Å²) in [5, 5.41) is 3.40. The third kappa shape index (κ3) is 7.67. The van der Waals surface area contributed by atoms with Crippen LogP contribution in [0.3, 0.4) is 0 Å². The second-order valence-electron chi connectivity index (χ2n) is 7.57. The minimum atomic E-state index is -0.471. The van der Waals surface area contributed by atoms with Crippen molar-refractivity contribution in [3.8, 4) is 0 Å². The molecule has 0 spiro atoms. The number of hydrogen-bond donors (Lipinski definition) is 2. The maximum absolute atomic E-state index is 12.1. The summed E-state index contributed by atoms with van der Waals surface area (Å²) in [6.07, 6.45) is 3.30. The molecular formula is C18H33BrN4O2. The molecule has 1 unspecified atom stereocenters. The minimum absolute atomic E-state index is 0.177. The van der Waals surface area contributed by atoms with E-state index in [0.29, 0.717) is 23.6 Å². The van der Waals surface area contributed by atoms with Crippen LogP contribution in [-0.4, -0.2) is 52.8 Å². The number of aliphatic imine (C=N–C) groups is 1. The quantitative estimate of drug-likeness (QED) is 0.513. The first-order chi connectivity index (χ1) is 11.5. The molecule has 25 heavy (non-hydrogen) atoms. The number of nitrogens with zero attached hydrogens (tertiary/aromatic N) is 2. The van der Waals surface area contributed by atoms with Crippen LogP contribution in [0.25, 0.3) is 0 Å². The molecule has 7 heteroatoms. The first-order valence-electron chi connectivity index (χ1n) is 8.91. The molecular weight excluding hydrogens is 384 g/mol. The van der Waals surface area contributed by atoms with Crippen molar-refractivity contribution in [2.24, 2.45) is 10.7 Å². The van der Waals surface area contributed by atoms with E-state index in [2.05, 4.69) is 40.1 Å². The van der Waals surface area contributed by atoms with Gasteiger partial charge in [0.05, 0.1) is 11.7 Å². The van der Waals surface area contributed by atoms with Crippen LogP contribution in [0.1, 0.15) is 54.4 Å². The van der Waals surface area contributed by atoms with Crippen LogP contribution >= 0.6 is 15.9 Å². The fourth-order valence-corrected chi connectivity index (χ4v) is 3.09. The molecule has 0 aromatic rings. The summed E-state index contributed by atoms with van der Waals surface area (Å²) in [7, 11) is 0. The number of alkyl halides is 1. The van der Waals surface area contributed by atoms with E-state index in [4.69, 9.17) is 10.5 Å². The molecule has 0 bridgehead atoms. The zero-order valence-corrected chi connectivity index (χ0v) is 17.9. The number of carbonyl (C=O) groups excluding carboxylic acids is 1. The average Bonchev–Trinajstić information content (AvgIpc) is 2.94. The second-order valence-corrected chi connectivity index (χ2v) is 9.01. The Labute approximate surface area is 160 Å². The second kappa shape index (κ2) is 9.46. The van der Waals surface area contributed by atoms with Crippen LogP contribution in [0.15, 0.2) is 16.4 Å². The lowest BCUT2D eigenvalue weighted by Gasteiger charge is -2.24. The van der Waals surface area contributed by atoms with E-state index in [0.717, 1.165) is 18.5 Å². The lowest BCUT2D eigenvalue weighted by atomic mass is 10.2. The Morgan fingerprint density at radius 2 is 2.16 bits per heavy atom. The summed E-state index contributed by atoms with van der Waals surface area (Å²) in [5.41, 5.74) is 7.17. The van der Waals surface area contributed by atoms with Crippen LogP contribution in [0.4, 0.5) is 4.79 Å². The fourth-order valence-electron chi connectivity index (χ4n) is 2.58. The third-order valence-corrected chi connectivity index (χ3v) is 4.66. The summed E-state index contributed by atoms with van der Waals surface area (Å²) in [5.74, 6) is 0. The van der Waals surface area contributed by atoms with E-state index in [9.17, 15) is 4.79 Å². The lowest BCUT2D eigenvalue weighted by molar-refractivity contribution is 0.0291. The number of amides is 1. The first kappa shape index (κ1) is 21.8. The zero-order chi connectivity index (χ0) is 19.2. The van der Waals surface area contributed by atoms with Gasteiger partial charge in [0.1, 0.15) is 5.60 Å². The molecule has 3 N–H and O–H groups in total. The normalized spacial score (nSPS) is 21.9. The van der Waals surface area contributed by atoms with E-state index in [-0.39, 0.29) is 18.2 Å². The van der Waals surface area contributed by atoms with Crippen molar-refractivity contribution in [1.82, 2.24) is 10.2 Å². The lowest BCUT2D eigenvalue weighted by Crippen LogP contribution is -2.38.